The van der Waals surface area contributed by atoms with E-state index in [1.54, 1.807) is 42.7 Å². The lowest BCUT2D eigenvalue weighted by atomic mass is 9.95. The molecule has 4 aromatic rings. The molecule has 2 heterocycles. The number of carbonyl (C=O) groups excluding carboxylic acids is 2. The third kappa shape index (κ3) is 5.73. The van der Waals surface area contributed by atoms with Gasteiger partial charge in [0.2, 0.25) is 0 Å². The highest BCUT2D eigenvalue weighted by atomic mass is 32.1. The van der Waals surface area contributed by atoms with Crippen LogP contribution in [0.5, 0.6) is 0 Å². The Morgan fingerprint density at radius 3 is 2.73 bits per heavy atom. The van der Waals surface area contributed by atoms with Crippen molar-refractivity contribution in [2.24, 2.45) is 4.99 Å². The van der Waals surface area contributed by atoms with Gasteiger partial charge in [-0.25, -0.2) is 9.79 Å². The van der Waals surface area contributed by atoms with Gasteiger partial charge < -0.3 is 14.5 Å². The van der Waals surface area contributed by atoms with Crippen molar-refractivity contribution in [3.63, 3.8) is 0 Å². The zero-order valence-electron chi connectivity index (χ0n) is 20.7. The number of hydrogen-bond donors (Lipinski definition) is 1. The van der Waals surface area contributed by atoms with Crippen LogP contribution in [0.3, 0.4) is 0 Å². The predicted molar refractivity (Wildman–Crippen MR) is 146 cm³/mol. The van der Waals surface area contributed by atoms with Gasteiger partial charge in [0.15, 0.2) is 0 Å². The maximum Gasteiger partial charge on any atom is 0.338 e. The lowest BCUT2D eigenvalue weighted by molar-refractivity contribution is 0.0526. The summed E-state index contributed by atoms with van der Waals surface area (Å²) in [7, 11) is 0. The van der Waals surface area contributed by atoms with Crippen LogP contribution in [0.1, 0.15) is 62.2 Å². The summed E-state index contributed by atoms with van der Waals surface area (Å²) < 4.78 is 11.1. The molecule has 0 saturated carbocycles. The summed E-state index contributed by atoms with van der Waals surface area (Å²) in [5.74, 6) is 0.737. The smallest absolute Gasteiger partial charge is 0.338 e. The second kappa shape index (κ2) is 11.4. The third-order valence-electron chi connectivity index (χ3n) is 6.27. The Kier molecular flexibility index (Phi) is 7.61. The van der Waals surface area contributed by atoms with Crippen LogP contribution in [0.2, 0.25) is 0 Å². The molecule has 188 valence electrons. The van der Waals surface area contributed by atoms with Crippen molar-refractivity contribution in [1.29, 1.82) is 0 Å². The quantitative estimate of drug-likeness (QED) is 0.209. The molecule has 0 bridgehead atoms. The first kappa shape index (κ1) is 24.7. The first-order valence-electron chi connectivity index (χ1n) is 12.5. The fraction of sp³-hybridized carbons (Fsp3) is 0.233. The second-order valence-corrected chi connectivity index (χ2v) is 9.90. The van der Waals surface area contributed by atoms with Crippen molar-refractivity contribution in [1.82, 2.24) is 5.32 Å². The molecule has 7 heteroatoms. The molecule has 0 fully saturated rings. The number of benzene rings is 2. The van der Waals surface area contributed by atoms with Crippen LogP contribution in [0, 0.1) is 0 Å². The summed E-state index contributed by atoms with van der Waals surface area (Å²) in [4.78, 5) is 31.3. The van der Waals surface area contributed by atoms with Crippen LogP contribution < -0.4 is 5.32 Å². The number of nitrogens with zero attached hydrogens (tertiary/aromatic N) is 1. The first-order chi connectivity index (χ1) is 18.1. The monoisotopic (exact) mass is 512 g/mol. The highest BCUT2D eigenvalue weighted by Gasteiger charge is 2.25. The molecule has 1 amide bonds. The maximum absolute atomic E-state index is 13.3. The lowest BCUT2D eigenvalue weighted by Crippen LogP contribution is -2.24. The van der Waals surface area contributed by atoms with Crippen LogP contribution in [0.4, 0.5) is 5.00 Å². The van der Waals surface area contributed by atoms with E-state index in [1.807, 2.05) is 48.5 Å². The Balaban J connectivity index is 1.37. The standard InChI is InChI=1S/C30H28N2O4S/c1-2-35-30(34)22-12-8-11-21(17-22)25-16-15-23(36-25)19-32-29-27(24-13-6-7-14-26(24)37-29)28(33)31-18-20-9-4-3-5-10-20/h3-5,8-12,15-17,19H,2,6-7,13-14,18H2,1H3,(H,31,33). The molecule has 2 aromatic heterocycles. The number of carbonyl (C=O) groups is 2. The number of thiophene rings is 1. The third-order valence-corrected chi connectivity index (χ3v) is 7.47. The normalized spacial score (nSPS) is 12.9. The molecule has 0 saturated heterocycles. The van der Waals surface area contributed by atoms with E-state index in [2.05, 4.69) is 5.32 Å². The Morgan fingerprint density at radius 1 is 1.05 bits per heavy atom. The fourth-order valence-corrected chi connectivity index (χ4v) is 5.69. The summed E-state index contributed by atoms with van der Waals surface area (Å²) in [6, 6.07) is 20.7. The number of furan rings is 1. The van der Waals surface area contributed by atoms with E-state index in [9.17, 15) is 9.59 Å². The Bertz CT molecular complexity index is 1440. The molecule has 0 aliphatic heterocycles. The SMILES string of the molecule is CCOC(=O)c1cccc(-c2ccc(C=Nc3sc4c(c3C(=O)NCc3ccccc3)CCCC4)o2)c1. The Morgan fingerprint density at radius 2 is 1.89 bits per heavy atom. The molecule has 0 spiro atoms. The van der Waals surface area contributed by atoms with E-state index >= 15 is 0 Å². The van der Waals surface area contributed by atoms with Crippen molar-refractivity contribution in [2.75, 3.05) is 6.61 Å². The minimum absolute atomic E-state index is 0.0914. The van der Waals surface area contributed by atoms with Gasteiger partial charge in [-0.05, 0) is 68.0 Å². The number of aliphatic imine (C=N–C) groups is 1. The molecule has 1 N–H and O–H groups in total. The van der Waals surface area contributed by atoms with Gasteiger partial charge in [-0.2, -0.15) is 0 Å². The predicted octanol–water partition coefficient (Wildman–Crippen LogP) is 6.74. The van der Waals surface area contributed by atoms with E-state index in [1.165, 1.54) is 4.88 Å². The zero-order chi connectivity index (χ0) is 25.6. The van der Waals surface area contributed by atoms with Crippen molar-refractivity contribution in [3.05, 3.63) is 99.6 Å². The van der Waals surface area contributed by atoms with Crippen molar-refractivity contribution >= 4 is 34.4 Å². The van der Waals surface area contributed by atoms with Gasteiger partial charge in [-0.3, -0.25) is 4.79 Å². The highest BCUT2D eigenvalue weighted by molar-refractivity contribution is 7.16. The average Bonchev–Trinajstić information content (AvgIpc) is 3.56. The molecule has 37 heavy (non-hydrogen) atoms. The number of fused-ring (bicyclic) bond motifs is 1. The van der Waals surface area contributed by atoms with Crippen molar-refractivity contribution in [2.45, 2.75) is 39.2 Å². The molecule has 0 radical (unpaired) electrons. The van der Waals surface area contributed by atoms with Crippen molar-refractivity contribution < 1.29 is 18.7 Å². The maximum atomic E-state index is 13.3. The Hall–Kier alpha value is -3.97. The van der Waals surface area contributed by atoms with Crippen LogP contribution in [-0.4, -0.2) is 24.7 Å². The number of esters is 1. The van der Waals surface area contributed by atoms with E-state index in [0.717, 1.165) is 42.4 Å². The van der Waals surface area contributed by atoms with E-state index in [4.69, 9.17) is 14.1 Å². The molecule has 0 unspecified atom stereocenters. The molecule has 1 aliphatic carbocycles. The minimum Gasteiger partial charge on any atom is -0.462 e. The zero-order valence-corrected chi connectivity index (χ0v) is 21.5. The highest BCUT2D eigenvalue weighted by Crippen LogP contribution is 2.40. The molecular weight excluding hydrogens is 484 g/mol. The van der Waals surface area contributed by atoms with Crippen molar-refractivity contribution in [3.8, 4) is 11.3 Å². The first-order valence-corrected chi connectivity index (χ1v) is 13.3. The summed E-state index contributed by atoms with van der Waals surface area (Å²) in [6.07, 6.45) is 5.75. The van der Waals surface area contributed by atoms with E-state index < -0.39 is 0 Å². The fourth-order valence-electron chi connectivity index (χ4n) is 4.46. The van der Waals surface area contributed by atoms with Crippen LogP contribution in [0.15, 0.2) is 76.1 Å². The van der Waals surface area contributed by atoms with Crippen LogP contribution >= 0.6 is 11.3 Å². The summed E-state index contributed by atoms with van der Waals surface area (Å²) >= 11 is 1.59. The van der Waals surface area contributed by atoms with Gasteiger partial charge in [0.25, 0.3) is 5.91 Å². The molecule has 2 aromatic carbocycles. The number of hydrogen-bond acceptors (Lipinski definition) is 6. The largest absolute Gasteiger partial charge is 0.462 e. The topological polar surface area (TPSA) is 80.9 Å². The number of rotatable bonds is 8. The summed E-state index contributed by atoms with van der Waals surface area (Å²) in [6.45, 7) is 2.57. The summed E-state index contributed by atoms with van der Waals surface area (Å²) in [5.41, 5.74) is 4.12. The molecule has 6 nitrogen and oxygen atoms in total. The second-order valence-electron chi connectivity index (χ2n) is 8.82. The molecule has 5 rings (SSSR count). The number of amides is 1. The Labute approximate surface area is 220 Å². The number of aryl methyl sites for hydroxylation is 1. The van der Waals surface area contributed by atoms with E-state index in [0.29, 0.717) is 40.8 Å². The van der Waals surface area contributed by atoms with Gasteiger partial charge in [0.1, 0.15) is 16.5 Å². The molecule has 1 aliphatic rings. The minimum atomic E-state index is -0.363. The van der Waals surface area contributed by atoms with E-state index in [-0.39, 0.29) is 11.9 Å². The molecule has 0 atom stereocenters. The number of ether oxygens (including phenoxy) is 1. The van der Waals surface area contributed by atoms with Gasteiger partial charge in [0, 0.05) is 17.0 Å². The number of nitrogens with one attached hydrogen (secondary N) is 1. The average molecular weight is 513 g/mol. The van der Waals surface area contributed by atoms with Gasteiger partial charge in [-0.1, -0.05) is 42.5 Å². The summed E-state index contributed by atoms with van der Waals surface area (Å²) in [5, 5.41) is 3.78. The van der Waals surface area contributed by atoms with Gasteiger partial charge in [-0.15, -0.1) is 11.3 Å². The van der Waals surface area contributed by atoms with Crippen LogP contribution in [-0.2, 0) is 24.1 Å². The molecular formula is C30H28N2O4S. The van der Waals surface area contributed by atoms with Crippen LogP contribution in [0.25, 0.3) is 11.3 Å². The van der Waals surface area contributed by atoms with Gasteiger partial charge >= 0.3 is 5.97 Å². The van der Waals surface area contributed by atoms with Gasteiger partial charge in [0.05, 0.1) is 23.9 Å². The lowest BCUT2D eigenvalue weighted by Gasteiger charge is -2.12.